The number of carbonyl (C=O) groups excluding carboxylic acids is 2. The highest BCUT2D eigenvalue weighted by atomic mass is 35.5. The fourth-order valence-corrected chi connectivity index (χ4v) is 4.55. The van der Waals surface area contributed by atoms with E-state index in [1.807, 2.05) is 13.8 Å². The smallest absolute Gasteiger partial charge is 0.243 e. The molecule has 0 aliphatic heterocycles. The lowest BCUT2D eigenvalue weighted by molar-refractivity contribution is -0.141. The van der Waals surface area contributed by atoms with E-state index >= 15 is 0 Å². The predicted molar refractivity (Wildman–Crippen MR) is 130 cm³/mol. The minimum absolute atomic E-state index is 0.00107. The standard InChI is InChI=1S/C24H31ClFN3O4S/c1-5-17(3)27-24(31)22(6-2)29(15-18-7-11-20(26)12-8-18)23(30)16-28(4)34(32,33)21-13-9-19(25)10-14-21/h7-14,17,22H,5-6,15-16H2,1-4H3,(H,27,31)/t17-,22+/m0/s1. The molecular formula is C24H31ClFN3O4S. The van der Waals surface area contributed by atoms with Crippen molar-refractivity contribution in [3.8, 4) is 0 Å². The van der Waals surface area contributed by atoms with Crippen molar-refractivity contribution < 1.29 is 22.4 Å². The average molecular weight is 512 g/mol. The number of nitrogens with zero attached hydrogens (tertiary/aromatic N) is 2. The number of carbonyl (C=O) groups is 2. The highest BCUT2D eigenvalue weighted by Crippen LogP contribution is 2.19. The van der Waals surface area contributed by atoms with Crippen LogP contribution in [-0.4, -0.2) is 55.1 Å². The summed E-state index contributed by atoms with van der Waals surface area (Å²) in [6.45, 7) is 5.13. The van der Waals surface area contributed by atoms with Crippen molar-refractivity contribution in [2.24, 2.45) is 0 Å². The minimum Gasteiger partial charge on any atom is -0.352 e. The van der Waals surface area contributed by atoms with E-state index in [9.17, 15) is 22.4 Å². The number of benzene rings is 2. The van der Waals surface area contributed by atoms with Gasteiger partial charge in [-0.25, -0.2) is 12.8 Å². The van der Waals surface area contributed by atoms with Gasteiger partial charge in [-0.1, -0.05) is 37.6 Å². The van der Waals surface area contributed by atoms with Crippen molar-refractivity contribution in [1.82, 2.24) is 14.5 Å². The van der Waals surface area contributed by atoms with Crippen molar-refractivity contribution in [2.45, 2.75) is 57.1 Å². The summed E-state index contributed by atoms with van der Waals surface area (Å²) in [5.41, 5.74) is 0.618. The summed E-state index contributed by atoms with van der Waals surface area (Å²) in [5.74, 6) is -1.29. The molecule has 2 aromatic carbocycles. The second-order valence-electron chi connectivity index (χ2n) is 8.11. The van der Waals surface area contributed by atoms with Crippen LogP contribution in [0.25, 0.3) is 0 Å². The first kappa shape index (κ1) is 27.8. The van der Waals surface area contributed by atoms with E-state index in [1.54, 1.807) is 6.92 Å². The molecule has 0 saturated heterocycles. The molecule has 0 bridgehead atoms. The average Bonchev–Trinajstić information content (AvgIpc) is 2.80. The maximum Gasteiger partial charge on any atom is 0.243 e. The second kappa shape index (κ2) is 12.3. The first-order valence-corrected chi connectivity index (χ1v) is 12.9. The van der Waals surface area contributed by atoms with Gasteiger partial charge in [0.25, 0.3) is 0 Å². The number of sulfonamides is 1. The molecule has 0 aliphatic rings. The molecule has 0 fully saturated rings. The van der Waals surface area contributed by atoms with Gasteiger partial charge in [0.2, 0.25) is 21.8 Å². The van der Waals surface area contributed by atoms with Gasteiger partial charge < -0.3 is 10.2 Å². The molecule has 2 aromatic rings. The van der Waals surface area contributed by atoms with Gasteiger partial charge in [0.05, 0.1) is 11.4 Å². The lowest BCUT2D eigenvalue weighted by Crippen LogP contribution is -2.53. The summed E-state index contributed by atoms with van der Waals surface area (Å²) in [4.78, 5) is 27.7. The number of halogens is 2. The van der Waals surface area contributed by atoms with E-state index in [4.69, 9.17) is 11.6 Å². The van der Waals surface area contributed by atoms with Gasteiger partial charge in [-0.05, 0) is 61.7 Å². The van der Waals surface area contributed by atoms with Crippen LogP contribution in [0.4, 0.5) is 4.39 Å². The van der Waals surface area contributed by atoms with Crippen LogP contribution < -0.4 is 5.32 Å². The van der Waals surface area contributed by atoms with E-state index in [1.165, 1.54) is 60.5 Å². The van der Waals surface area contributed by atoms with Gasteiger partial charge in [-0.15, -0.1) is 0 Å². The van der Waals surface area contributed by atoms with Gasteiger partial charge in [0, 0.05) is 24.7 Å². The van der Waals surface area contributed by atoms with Gasteiger partial charge >= 0.3 is 0 Å². The fourth-order valence-electron chi connectivity index (χ4n) is 3.30. The van der Waals surface area contributed by atoms with Crippen LogP contribution in [0.1, 0.15) is 39.2 Å². The molecule has 2 atom stereocenters. The molecular weight excluding hydrogens is 481 g/mol. The Morgan fingerprint density at radius 3 is 2.15 bits per heavy atom. The van der Waals surface area contributed by atoms with Crippen LogP contribution in [0.15, 0.2) is 53.4 Å². The quantitative estimate of drug-likeness (QED) is 0.497. The Morgan fingerprint density at radius 1 is 1.03 bits per heavy atom. The fraction of sp³-hybridized carbons (Fsp3) is 0.417. The number of rotatable bonds is 11. The van der Waals surface area contributed by atoms with Crippen LogP contribution in [0.3, 0.4) is 0 Å². The molecule has 0 aliphatic carbocycles. The summed E-state index contributed by atoms with van der Waals surface area (Å²) in [5, 5.41) is 3.28. The van der Waals surface area contributed by atoms with Crippen LogP contribution in [-0.2, 0) is 26.2 Å². The van der Waals surface area contributed by atoms with Crippen molar-refractivity contribution in [1.29, 1.82) is 0 Å². The molecule has 186 valence electrons. The van der Waals surface area contributed by atoms with E-state index in [0.29, 0.717) is 17.0 Å². The van der Waals surface area contributed by atoms with Crippen molar-refractivity contribution in [3.05, 3.63) is 64.9 Å². The third kappa shape index (κ3) is 7.25. The topological polar surface area (TPSA) is 86.8 Å². The van der Waals surface area contributed by atoms with Crippen molar-refractivity contribution in [2.75, 3.05) is 13.6 Å². The predicted octanol–water partition coefficient (Wildman–Crippen LogP) is 3.82. The molecule has 0 spiro atoms. The zero-order valence-corrected chi connectivity index (χ0v) is 21.4. The van der Waals surface area contributed by atoms with Gasteiger partial charge in [-0.2, -0.15) is 4.31 Å². The van der Waals surface area contributed by atoms with Gasteiger partial charge in [0.15, 0.2) is 0 Å². The molecule has 2 amide bonds. The molecule has 2 rings (SSSR count). The van der Waals surface area contributed by atoms with Crippen molar-refractivity contribution >= 4 is 33.4 Å². The van der Waals surface area contributed by atoms with E-state index < -0.39 is 34.3 Å². The molecule has 0 heterocycles. The largest absolute Gasteiger partial charge is 0.352 e. The van der Waals surface area contributed by atoms with E-state index in [0.717, 1.165) is 10.7 Å². The summed E-state index contributed by atoms with van der Waals surface area (Å²) in [7, 11) is -2.66. The highest BCUT2D eigenvalue weighted by Gasteiger charge is 2.32. The normalized spacial score (nSPS) is 13.4. The third-order valence-electron chi connectivity index (χ3n) is 5.53. The summed E-state index contributed by atoms with van der Waals surface area (Å²) < 4.78 is 40.2. The summed E-state index contributed by atoms with van der Waals surface area (Å²) in [6, 6.07) is 10.3. The Labute approximate surface area is 205 Å². The SMILES string of the molecule is CC[C@H](C(=O)N[C@@H](C)CC)N(Cc1ccc(F)cc1)C(=O)CN(C)S(=O)(=O)c1ccc(Cl)cc1. The molecule has 10 heteroatoms. The molecule has 7 nitrogen and oxygen atoms in total. The van der Waals surface area contributed by atoms with Gasteiger partial charge in [0.1, 0.15) is 11.9 Å². The Hall–Kier alpha value is -2.49. The second-order valence-corrected chi connectivity index (χ2v) is 10.6. The Kier molecular flexibility index (Phi) is 10.0. The Bertz CT molecular complexity index is 1080. The van der Waals surface area contributed by atoms with E-state index in [-0.39, 0.29) is 23.4 Å². The molecule has 0 aromatic heterocycles. The minimum atomic E-state index is -3.96. The zero-order chi connectivity index (χ0) is 25.5. The summed E-state index contributed by atoms with van der Waals surface area (Å²) in [6.07, 6.45) is 1.04. The Morgan fingerprint density at radius 2 is 1.62 bits per heavy atom. The van der Waals surface area contributed by atoms with Crippen LogP contribution >= 0.6 is 11.6 Å². The number of amides is 2. The van der Waals surface area contributed by atoms with Crippen LogP contribution in [0, 0.1) is 5.82 Å². The number of nitrogens with one attached hydrogen (secondary N) is 1. The maximum atomic E-state index is 13.4. The van der Waals surface area contributed by atoms with Gasteiger partial charge in [-0.3, -0.25) is 9.59 Å². The number of hydrogen-bond donors (Lipinski definition) is 1. The monoisotopic (exact) mass is 511 g/mol. The summed E-state index contributed by atoms with van der Waals surface area (Å²) >= 11 is 5.85. The van der Waals surface area contributed by atoms with Crippen LogP contribution in [0.5, 0.6) is 0 Å². The molecule has 0 saturated carbocycles. The lowest BCUT2D eigenvalue weighted by atomic mass is 10.1. The zero-order valence-electron chi connectivity index (χ0n) is 19.8. The van der Waals surface area contributed by atoms with E-state index in [2.05, 4.69) is 5.32 Å². The molecule has 34 heavy (non-hydrogen) atoms. The number of likely N-dealkylation sites (N-methyl/N-ethyl adjacent to an activating group) is 1. The van der Waals surface area contributed by atoms with Crippen LogP contribution in [0.2, 0.25) is 5.02 Å². The third-order valence-corrected chi connectivity index (χ3v) is 7.60. The van der Waals surface area contributed by atoms with Crippen molar-refractivity contribution in [3.63, 3.8) is 0 Å². The molecule has 1 N–H and O–H groups in total. The Balaban J connectivity index is 2.32. The first-order valence-electron chi connectivity index (χ1n) is 11.1. The number of hydrogen-bond acceptors (Lipinski definition) is 4. The first-order chi connectivity index (χ1) is 16.0. The lowest BCUT2D eigenvalue weighted by Gasteiger charge is -2.32. The molecule has 0 unspecified atom stereocenters. The molecule has 0 radical (unpaired) electrons. The highest BCUT2D eigenvalue weighted by molar-refractivity contribution is 7.89. The maximum absolute atomic E-state index is 13.4.